The zero-order valence-electron chi connectivity index (χ0n) is 11.5. The molecule has 5 heteroatoms. The van der Waals surface area contributed by atoms with Crippen molar-refractivity contribution in [2.45, 2.75) is 6.42 Å². The van der Waals surface area contributed by atoms with Crippen molar-refractivity contribution >= 4 is 34.1 Å². The SMILES string of the molecule is O=C(Cc1cccc2cccnc12)Nc1ccc(Cl)cc1F. The Hall–Kier alpha value is -2.46. The van der Waals surface area contributed by atoms with Crippen molar-refractivity contribution in [3.63, 3.8) is 0 Å². The molecule has 0 bridgehead atoms. The molecular formula is C17H12ClFN2O. The highest BCUT2D eigenvalue weighted by Crippen LogP contribution is 2.20. The lowest BCUT2D eigenvalue weighted by atomic mass is 10.1. The van der Waals surface area contributed by atoms with Crippen molar-refractivity contribution in [1.29, 1.82) is 0 Å². The first-order valence-electron chi connectivity index (χ1n) is 6.71. The molecule has 0 saturated heterocycles. The van der Waals surface area contributed by atoms with E-state index in [0.29, 0.717) is 0 Å². The van der Waals surface area contributed by atoms with Crippen LogP contribution in [-0.2, 0) is 11.2 Å². The largest absolute Gasteiger partial charge is 0.323 e. The van der Waals surface area contributed by atoms with Crippen molar-refractivity contribution in [3.8, 4) is 0 Å². The summed E-state index contributed by atoms with van der Waals surface area (Å²) in [6.45, 7) is 0. The van der Waals surface area contributed by atoms with Crippen molar-refractivity contribution in [1.82, 2.24) is 4.98 Å². The molecule has 22 heavy (non-hydrogen) atoms. The van der Waals surface area contributed by atoms with Crippen LogP contribution in [0, 0.1) is 5.82 Å². The van der Waals surface area contributed by atoms with Gasteiger partial charge in [0.25, 0.3) is 0 Å². The Balaban J connectivity index is 1.81. The first-order chi connectivity index (χ1) is 10.6. The first-order valence-corrected chi connectivity index (χ1v) is 7.09. The zero-order valence-corrected chi connectivity index (χ0v) is 12.3. The van der Waals surface area contributed by atoms with Crippen LogP contribution in [0.3, 0.4) is 0 Å². The van der Waals surface area contributed by atoms with E-state index >= 15 is 0 Å². The van der Waals surface area contributed by atoms with Gasteiger partial charge in [-0.1, -0.05) is 35.9 Å². The van der Waals surface area contributed by atoms with Gasteiger partial charge < -0.3 is 5.32 Å². The van der Waals surface area contributed by atoms with Crippen LogP contribution < -0.4 is 5.32 Å². The van der Waals surface area contributed by atoms with E-state index in [1.54, 1.807) is 6.20 Å². The van der Waals surface area contributed by atoms with Gasteiger partial charge in [-0.2, -0.15) is 0 Å². The number of halogens is 2. The van der Waals surface area contributed by atoms with Gasteiger partial charge >= 0.3 is 0 Å². The van der Waals surface area contributed by atoms with Crippen LogP contribution in [0.4, 0.5) is 10.1 Å². The van der Waals surface area contributed by atoms with E-state index in [2.05, 4.69) is 10.3 Å². The van der Waals surface area contributed by atoms with Crippen molar-refractivity contribution < 1.29 is 9.18 Å². The Morgan fingerprint density at radius 3 is 2.82 bits per heavy atom. The van der Waals surface area contributed by atoms with Crippen LogP contribution in [0.25, 0.3) is 10.9 Å². The summed E-state index contributed by atoms with van der Waals surface area (Å²) in [4.78, 5) is 16.4. The summed E-state index contributed by atoms with van der Waals surface area (Å²) in [5.41, 5.74) is 1.68. The number of hydrogen-bond acceptors (Lipinski definition) is 2. The second-order valence-corrected chi connectivity index (χ2v) is 5.28. The molecule has 0 aliphatic rings. The lowest BCUT2D eigenvalue weighted by Gasteiger charge is -2.08. The fourth-order valence-corrected chi connectivity index (χ4v) is 2.43. The topological polar surface area (TPSA) is 42.0 Å². The fourth-order valence-electron chi connectivity index (χ4n) is 2.27. The van der Waals surface area contributed by atoms with E-state index in [1.807, 2.05) is 30.3 Å². The molecule has 0 spiro atoms. The van der Waals surface area contributed by atoms with Crippen LogP contribution in [0.5, 0.6) is 0 Å². The monoisotopic (exact) mass is 314 g/mol. The maximum Gasteiger partial charge on any atom is 0.228 e. The van der Waals surface area contributed by atoms with Gasteiger partial charge in [0.2, 0.25) is 5.91 Å². The van der Waals surface area contributed by atoms with Gasteiger partial charge in [0.1, 0.15) is 5.82 Å². The normalized spacial score (nSPS) is 10.6. The number of carbonyl (C=O) groups excluding carboxylic acids is 1. The molecule has 3 nitrogen and oxygen atoms in total. The third-order valence-electron chi connectivity index (χ3n) is 3.27. The summed E-state index contributed by atoms with van der Waals surface area (Å²) in [6.07, 6.45) is 1.80. The molecule has 110 valence electrons. The number of benzene rings is 2. The Morgan fingerprint density at radius 1 is 1.18 bits per heavy atom. The summed E-state index contributed by atoms with van der Waals surface area (Å²) >= 11 is 5.69. The summed E-state index contributed by atoms with van der Waals surface area (Å²) in [5, 5.41) is 3.80. The number of nitrogens with one attached hydrogen (secondary N) is 1. The van der Waals surface area contributed by atoms with Gasteiger partial charge in [-0.3, -0.25) is 9.78 Å². The van der Waals surface area contributed by atoms with Crippen molar-refractivity contribution in [2.24, 2.45) is 0 Å². The molecule has 0 unspecified atom stereocenters. The Kier molecular flexibility index (Phi) is 4.02. The van der Waals surface area contributed by atoms with Crippen LogP contribution in [0.1, 0.15) is 5.56 Å². The molecular weight excluding hydrogens is 303 g/mol. The average Bonchev–Trinajstić information content (AvgIpc) is 2.50. The van der Waals surface area contributed by atoms with E-state index in [4.69, 9.17) is 11.6 Å². The predicted molar refractivity (Wildman–Crippen MR) is 85.5 cm³/mol. The number of aromatic nitrogens is 1. The van der Waals surface area contributed by atoms with Gasteiger partial charge in [0, 0.05) is 16.6 Å². The molecule has 1 heterocycles. The molecule has 0 atom stereocenters. The lowest BCUT2D eigenvalue weighted by molar-refractivity contribution is -0.115. The van der Waals surface area contributed by atoms with E-state index in [1.165, 1.54) is 12.1 Å². The highest BCUT2D eigenvalue weighted by atomic mass is 35.5. The maximum absolute atomic E-state index is 13.7. The standard InChI is InChI=1S/C17H12ClFN2O/c18-13-6-7-15(14(19)10-13)21-16(22)9-12-4-1-3-11-5-2-8-20-17(11)12/h1-8,10H,9H2,(H,21,22). The Morgan fingerprint density at radius 2 is 2.00 bits per heavy atom. The molecule has 0 radical (unpaired) electrons. The fraction of sp³-hybridized carbons (Fsp3) is 0.0588. The van der Waals surface area contributed by atoms with Crippen LogP contribution >= 0.6 is 11.6 Å². The van der Waals surface area contributed by atoms with Crippen LogP contribution in [-0.4, -0.2) is 10.9 Å². The number of nitrogens with zero attached hydrogens (tertiary/aromatic N) is 1. The quantitative estimate of drug-likeness (QED) is 0.787. The minimum atomic E-state index is -0.558. The van der Waals surface area contributed by atoms with Crippen molar-refractivity contribution in [3.05, 3.63) is 71.1 Å². The van der Waals surface area contributed by atoms with E-state index in [-0.39, 0.29) is 23.0 Å². The molecule has 2 aromatic carbocycles. The van der Waals surface area contributed by atoms with Crippen LogP contribution in [0.15, 0.2) is 54.7 Å². The number of rotatable bonds is 3. The smallest absolute Gasteiger partial charge is 0.228 e. The number of fused-ring (bicyclic) bond motifs is 1. The molecule has 1 amide bonds. The van der Waals surface area contributed by atoms with E-state index in [9.17, 15) is 9.18 Å². The van der Waals surface area contributed by atoms with Gasteiger partial charge in [-0.25, -0.2) is 4.39 Å². The number of pyridine rings is 1. The molecule has 0 aliphatic carbocycles. The third-order valence-corrected chi connectivity index (χ3v) is 3.51. The number of hydrogen-bond donors (Lipinski definition) is 1. The van der Waals surface area contributed by atoms with E-state index < -0.39 is 5.82 Å². The number of amides is 1. The average molecular weight is 315 g/mol. The Bertz CT molecular complexity index is 846. The molecule has 0 saturated carbocycles. The molecule has 0 fully saturated rings. The molecule has 0 aliphatic heterocycles. The molecule has 3 aromatic rings. The molecule has 3 rings (SSSR count). The molecule has 1 N–H and O–H groups in total. The lowest BCUT2D eigenvalue weighted by Crippen LogP contribution is -2.15. The highest BCUT2D eigenvalue weighted by molar-refractivity contribution is 6.30. The second kappa shape index (κ2) is 6.12. The predicted octanol–water partition coefficient (Wildman–Crippen LogP) is 4.21. The summed E-state index contributed by atoms with van der Waals surface area (Å²) < 4.78 is 13.7. The molecule has 1 aromatic heterocycles. The highest BCUT2D eigenvalue weighted by Gasteiger charge is 2.10. The second-order valence-electron chi connectivity index (χ2n) is 4.84. The van der Waals surface area contributed by atoms with Gasteiger partial charge in [-0.15, -0.1) is 0 Å². The number of carbonyl (C=O) groups is 1. The minimum Gasteiger partial charge on any atom is -0.323 e. The third kappa shape index (κ3) is 3.07. The van der Waals surface area contributed by atoms with Crippen molar-refractivity contribution in [2.75, 3.05) is 5.32 Å². The summed E-state index contributed by atoms with van der Waals surface area (Å²) in [5.74, 6) is -0.865. The van der Waals surface area contributed by atoms with Gasteiger partial charge in [0.05, 0.1) is 17.6 Å². The summed E-state index contributed by atoms with van der Waals surface area (Å²) in [6, 6.07) is 13.6. The number of anilines is 1. The van der Waals surface area contributed by atoms with E-state index in [0.717, 1.165) is 22.5 Å². The van der Waals surface area contributed by atoms with Gasteiger partial charge in [0.15, 0.2) is 0 Å². The summed E-state index contributed by atoms with van der Waals surface area (Å²) in [7, 11) is 0. The number of para-hydroxylation sites is 1. The zero-order chi connectivity index (χ0) is 15.5. The maximum atomic E-state index is 13.7. The van der Waals surface area contributed by atoms with Gasteiger partial charge in [-0.05, 0) is 29.8 Å². The first kappa shape index (κ1) is 14.5. The Labute approximate surface area is 131 Å². The minimum absolute atomic E-state index is 0.114. The van der Waals surface area contributed by atoms with Crippen LogP contribution in [0.2, 0.25) is 5.02 Å².